The molecule has 10 heteroatoms. The predicted molar refractivity (Wildman–Crippen MR) is 152 cm³/mol. The first-order valence-electron chi connectivity index (χ1n) is 14.2. The molecule has 5 rings (SSSR count). The van der Waals surface area contributed by atoms with Crippen molar-refractivity contribution in [3.63, 3.8) is 0 Å². The Kier molecular flexibility index (Phi) is 9.22. The number of methoxy groups -OCH3 is 1. The summed E-state index contributed by atoms with van der Waals surface area (Å²) in [6.45, 7) is 3.26. The lowest BCUT2D eigenvalue weighted by Crippen LogP contribution is -2.44. The molecule has 3 heterocycles. The van der Waals surface area contributed by atoms with Gasteiger partial charge in [0.2, 0.25) is 0 Å². The Hall–Kier alpha value is -4.18. The van der Waals surface area contributed by atoms with E-state index in [-0.39, 0.29) is 34.9 Å². The molecule has 3 aromatic rings. The summed E-state index contributed by atoms with van der Waals surface area (Å²) in [4.78, 5) is 46.8. The number of benzene rings is 2. The molecule has 1 N–H and O–H groups in total. The highest BCUT2D eigenvalue weighted by Gasteiger charge is 2.30. The number of rotatable bonds is 8. The quantitative estimate of drug-likeness (QED) is 0.397. The lowest BCUT2D eigenvalue weighted by Gasteiger charge is -2.32. The first-order chi connectivity index (χ1) is 20.3. The number of halogens is 2. The van der Waals surface area contributed by atoms with Crippen LogP contribution in [0.15, 0.2) is 60.8 Å². The lowest BCUT2D eigenvalue weighted by molar-refractivity contribution is 0.0648. The van der Waals surface area contributed by atoms with Crippen molar-refractivity contribution in [2.24, 2.45) is 5.92 Å². The number of pyridine rings is 1. The summed E-state index contributed by atoms with van der Waals surface area (Å²) in [6.07, 6.45) is 3.84. The van der Waals surface area contributed by atoms with Crippen LogP contribution < -0.4 is 10.1 Å². The molecular weight excluding hydrogens is 542 g/mol. The van der Waals surface area contributed by atoms with Crippen LogP contribution in [-0.4, -0.2) is 71.7 Å². The molecule has 2 fully saturated rings. The molecular formula is C32H34F2N4O4. The highest BCUT2D eigenvalue weighted by Crippen LogP contribution is 2.25. The highest BCUT2D eigenvalue weighted by molar-refractivity contribution is 5.99. The van der Waals surface area contributed by atoms with Crippen molar-refractivity contribution in [1.29, 1.82) is 0 Å². The van der Waals surface area contributed by atoms with Gasteiger partial charge in [0.1, 0.15) is 23.1 Å². The molecule has 0 bridgehead atoms. The molecule has 2 saturated heterocycles. The van der Waals surface area contributed by atoms with Gasteiger partial charge in [-0.1, -0.05) is 12.1 Å². The average Bonchev–Trinajstić information content (AvgIpc) is 3.02. The summed E-state index contributed by atoms with van der Waals surface area (Å²) in [6, 6.07) is 14.2. The molecule has 0 unspecified atom stereocenters. The van der Waals surface area contributed by atoms with Crippen LogP contribution in [0.1, 0.15) is 62.5 Å². The Morgan fingerprint density at radius 2 is 1.64 bits per heavy atom. The van der Waals surface area contributed by atoms with E-state index in [2.05, 4.69) is 27.3 Å². The van der Waals surface area contributed by atoms with Crippen molar-refractivity contribution in [1.82, 2.24) is 20.1 Å². The van der Waals surface area contributed by atoms with Crippen LogP contribution in [0, 0.1) is 17.6 Å². The summed E-state index contributed by atoms with van der Waals surface area (Å²) in [5.41, 5.74) is 1.69. The first-order valence-corrected chi connectivity index (χ1v) is 14.2. The van der Waals surface area contributed by atoms with Gasteiger partial charge in [0.15, 0.2) is 5.78 Å². The maximum absolute atomic E-state index is 14.0. The van der Waals surface area contributed by atoms with E-state index in [4.69, 9.17) is 4.74 Å². The van der Waals surface area contributed by atoms with Crippen LogP contribution in [0.5, 0.6) is 5.75 Å². The molecule has 8 nitrogen and oxygen atoms in total. The van der Waals surface area contributed by atoms with E-state index in [0.717, 1.165) is 44.3 Å². The molecule has 42 heavy (non-hydrogen) atoms. The van der Waals surface area contributed by atoms with Gasteiger partial charge in [0, 0.05) is 56.9 Å². The van der Waals surface area contributed by atoms with Crippen molar-refractivity contribution >= 4 is 17.6 Å². The van der Waals surface area contributed by atoms with Gasteiger partial charge in [-0.05, 0) is 67.6 Å². The normalized spacial score (nSPS) is 16.7. The van der Waals surface area contributed by atoms with Gasteiger partial charge in [-0.15, -0.1) is 0 Å². The lowest BCUT2D eigenvalue weighted by atomic mass is 9.88. The summed E-state index contributed by atoms with van der Waals surface area (Å²) >= 11 is 0. The number of hydrogen-bond donors (Lipinski definition) is 1. The number of carbonyl (C=O) groups is 3. The molecule has 0 radical (unpaired) electrons. The van der Waals surface area contributed by atoms with Crippen LogP contribution in [0.4, 0.5) is 8.78 Å². The molecule has 2 aromatic carbocycles. The third-order valence-electron chi connectivity index (χ3n) is 8.08. The van der Waals surface area contributed by atoms with Gasteiger partial charge >= 0.3 is 0 Å². The zero-order chi connectivity index (χ0) is 29.6. The van der Waals surface area contributed by atoms with Crippen LogP contribution >= 0.6 is 0 Å². The Labute approximate surface area is 243 Å². The average molecular weight is 577 g/mol. The number of carbonyl (C=O) groups excluding carboxylic acids is 3. The van der Waals surface area contributed by atoms with Crippen LogP contribution in [0.25, 0.3) is 0 Å². The zero-order valence-corrected chi connectivity index (χ0v) is 23.5. The molecule has 2 aliphatic heterocycles. The van der Waals surface area contributed by atoms with Crippen molar-refractivity contribution < 1.29 is 27.9 Å². The predicted octanol–water partition coefficient (Wildman–Crippen LogP) is 4.50. The van der Waals surface area contributed by atoms with Gasteiger partial charge in [-0.25, -0.2) is 8.78 Å². The van der Waals surface area contributed by atoms with Crippen molar-refractivity contribution in [3.8, 4) is 5.75 Å². The fourth-order valence-electron chi connectivity index (χ4n) is 5.58. The fraction of sp³-hybridized carbons (Fsp3) is 0.375. The van der Waals surface area contributed by atoms with E-state index < -0.39 is 17.6 Å². The number of nitrogens with zero attached hydrogens (tertiary/aromatic N) is 3. The van der Waals surface area contributed by atoms with E-state index in [1.165, 1.54) is 17.8 Å². The van der Waals surface area contributed by atoms with Crippen LogP contribution in [0.3, 0.4) is 0 Å². The minimum absolute atomic E-state index is 0.0557. The van der Waals surface area contributed by atoms with Crippen LogP contribution in [-0.2, 0) is 6.54 Å². The number of likely N-dealkylation sites (tertiary alicyclic amines) is 2. The minimum Gasteiger partial charge on any atom is -0.497 e. The van der Waals surface area contributed by atoms with Crippen molar-refractivity contribution in [2.45, 2.75) is 38.3 Å². The second-order valence-electron chi connectivity index (χ2n) is 10.9. The van der Waals surface area contributed by atoms with Gasteiger partial charge in [0.25, 0.3) is 11.8 Å². The molecule has 0 atom stereocenters. The summed E-state index contributed by atoms with van der Waals surface area (Å²) in [5.74, 6) is -2.09. The Morgan fingerprint density at radius 1 is 0.929 bits per heavy atom. The molecule has 0 saturated carbocycles. The second kappa shape index (κ2) is 13.2. The van der Waals surface area contributed by atoms with Gasteiger partial charge in [-0.2, -0.15) is 0 Å². The second-order valence-corrected chi connectivity index (χ2v) is 10.9. The third-order valence-corrected chi connectivity index (χ3v) is 8.08. The molecule has 220 valence electrons. The number of aromatic nitrogens is 1. The summed E-state index contributed by atoms with van der Waals surface area (Å²) in [7, 11) is 1.65. The van der Waals surface area contributed by atoms with Gasteiger partial charge in [0.05, 0.1) is 18.2 Å². The topological polar surface area (TPSA) is 91.8 Å². The third kappa shape index (κ3) is 6.99. The minimum atomic E-state index is -0.871. The number of ether oxygens (including phenoxy) is 1. The van der Waals surface area contributed by atoms with Gasteiger partial charge < -0.3 is 15.0 Å². The summed E-state index contributed by atoms with van der Waals surface area (Å²) < 4.78 is 32.5. The maximum atomic E-state index is 14.0. The van der Waals surface area contributed by atoms with Gasteiger partial charge in [-0.3, -0.25) is 24.3 Å². The van der Waals surface area contributed by atoms with E-state index >= 15 is 0 Å². The van der Waals surface area contributed by atoms with Crippen molar-refractivity contribution in [2.75, 3.05) is 33.3 Å². The Balaban J connectivity index is 1.07. The molecule has 2 aliphatic rings. The van der Waals surface area contributed by atoms with E-state index in [1.807, 2.05) is 12.1 Å². The molecule has 1 aromatic heterocycles. The Bertz CT molecular complexity index is 1420. The van der Waals surface area contributed by atoms with Crippen LogP contribution in [0.2, 0.25) is 0 Å². The smallest absolute Gasteiger partial charge is 0.270 e. The SMILES string of the molecule is COc1ccc(CN2CCC(NC(=O)c3ccc(C(=O)N4CCC(C(=O)c5ccc(F)cc5F)CC4)cn3)CC2)cc1. The van der Waals surface area contributed by atoms with Crippen molar-refractivity contribution in [3.05, 3.63) is 94.8 Å². The number of hydrogen-bond acceptors (Lipinski definition) is 6. The largest absolute Gasteiger partial charge is 0.497 e. The summed E-state index contributed by atoms with van der Waals surface area (Å²) in [5, 5.41) is 3.06. The molecule has 0 spiro atoms. The number of nitrogens with one attached hydrogen (secondary N) is 1. The first kappa shape index (κ1) is 29.3. The van der Waals surface area contributed by atoms with E-state index in [9.17, 15) is 23.2 Å². The maximum Gasteiger partial charge on any atom is 0.270 e. The highest BCUT2D eigenvalue weighted by atomic mass is 19.1. The monoisotopic (exact) mass is 576 g/mol. The van der Waals surface area contributed by atoms with E-state index in [0.29, 0.717) is 37.6 Å². The number of Topliss-reactive ketones (excluding diaryl/α,β-unsaturated/α-hetero) is 1. The number of piperidine rings is 2. The number of amides is 2. The number of ketones is 1. The molecule has 0 aliphatic carbocycles. The molecule has 2 amide bonds. The standard InChI is InChI=1S/C32H34F2N4O4/c1-42-26-6-2-21(3-7-26)20-37-14-12-25(13-15-37)36-31(40)29-9-4-23(19-35-29)32(41)38-16-10-22(11-17-38)30(39)27-8-5-24(33)18-28(27)34/h2-9,18-19,22,25H,10-17,20H2,1H3,(H,36,40). The Morgan fingerprint density at radius 3 is 2.26 bits per heavy atom. The zero-order valence-electron chi connectivity index (χ0n) is 23.5. The van der Waals surface area contributed by atoms with E-state index in [1.54, 1.807) is 24.1 Å². The fourth-order valence-corrected chi connectivity index (χ4v) is 5.58.